The summed E-state index contributed by atoms with van der Waals surface area (Å²) in [7, 11) is 0. The largest absolute Gasteiger partial charge is 0.508 e. The van der Waals surface area contributed by atoms with Crippen LogP contribution in [0.2, 0.25) is 0 Å². The Kier molecular flexibility index (Phi) is 2.00. The molecule has 4 nitrogen and oxygen atoms in total. The zero-order chi connectivity index (χ0) is 10.3. The van der Waals surface area contributed by atoms with Crippen LogP contribution in [-0.4, -0.2) is 15.3 Å². The maximum Gasteiger partial charge on any atom is 0.127 e. The monoisotopic (exact) mass is 195 g/mol. The van der Waals surface area contributed by atoms with Crippen molar-refractivity contribution in [2.24, 2.45) is 11.7 Å². The molecule has 1 atom stereocenters. The summed E-state index contributed by atoms with van der Waals surface area (Å²) in [6, 6.07) is 2.05. The normalized spacial score (nSPS) is 18.1. The van der Waals surface area contributed by atoms with Crippen molar-refractivity contribution in [2.75, 3.05) is 0 Å². The third kappa shape index (κ3) is 1.48. The zero-order valence-electron chi connectivity index (χ0n) is 7.64. The van der Waals surface area contributed by atoms with Crippen LogP contribution < -0.4 is 5.73 Å². The number of rotatable bonds is 2. The summed E-state index contributed by atoms with van der Waals surface area (Å²) < 4.78 is 0. The van der Waals surface area contributed by atoms with E-state index < -0.39 is 0 Å². The van der Waals surface area contributed by atoms with Crippen LogP contribution >= 0.6 is 0 Å². The molecule has 0 radical (unpaired) electrons. The lowest BCUT2D eigenvalue weighted by atomic mass is 10.0. The van der Waals surface area contributed by atoms with Crippen molar-refractivity contribution < 1.29 is 15.3 Å². The van der Waals surface area contributed by atoms with Crippen molar-refractivity contribution in [3.05, 3.63) is 17.7 Å². The van der Waals surface area contributed by atoms with E-state index in [9.17, 15) is 10.2 Å². The number of phenolic OH excluding ortho intramolecular Hbond substituents is 3. The van der Waals surface area contributed by atoms with Crippen LogP contribution in [0.4, 0.5) is 0 Å². The Morgan fingerprint density at radius 2 is 1.64 bits per heavy atom. The van der Waals surface area contributed by atoms with Gasteiger partial charge in [-0.05, 0) is 18.8 Å². The van der Waals surface area contributed by atoms with Crippen LogP contribution in [0.5, 0.6) is 17.2 Å². The summed E-state index contributed by atoms with van der Waals surface area (Å²) in [6.07, 6.45) is 2.06. The van der Waals surface area contributed by atoms with Crippen LogP contribution in [0.15, 0.2) is 12.1 Å². The first kappa shape index (κ1) is 9.15. The summed E-state index contributed by atoms with van der Waals surface area (Å²) in [6.45, 7) is 0. The van der Waals surface area contributed by atoms with Crippen LogP contribution in [0, 0.1) is 5.92 Å². The molecule has 4 heteroatoms. The van der Waals surface area contributed by atoms with Crippen molar-refractivity contribution >= 4 is 0 Å². The van der Waals surface area contributed by atoms with Gasteiger partial charge in [0, 0.05) is 18.2 Å². The summed E-state index contributed by atoms with van der Waals surface area (Å²) >= 11 is 0. The molecule has 1 aliphatic carbocycles. The minimum atomic E-state index is -0.337. The van der Waals surface area contributed by atoms with E-state index in [0.717, 1.165) is 12.8 Å². The Labute approximate surface area is 81.6 Å². The number of phenols is 3. The second-order valence-electron chi connectivity index (χ2n) is 3.76. The molecule has 5 N–H and O–H groups in total. The maximum absolute atomic E-state index is 9.52. The maximum atomic E-state index is 9.52. The van der Waals surface area contributed by atoms with E-state index >= 15 is 0 Å². The van der Waals surface area contributed by atoms with Gasteiger partial charge in [-0.25, -0.2) is 0 Å². The van der Waals surface area contributed by atoms with Crippen LogP contribution in [0.3, 0.4) is 0 Å². The molecule has 0 aliphatic heterocycles. The molecule has 0 saturated heterocycles. The van der Waals surface area contributed by atoms with Gasteiger partial charge in [-0.3, -0.25) is 0 Å². The van der Waals surface area contributed by atoms with E-state index in [-0.39, 0.29) is 23.3 Å². The van der Waals surface area contributed by atoms with E-state index in [2.05, 4.69) is 0 Å². The van der Waals surface area contributed by atoms with Gasteiger partial charge in [-0.2, -0.15) is 0 Å². The van der Waals surface area contributed by atoms with Crippen LogP contribution in [0.25, 0.3) is 0 Å². The Morgan fingerprint density at radius 3 is 2.07 bits per heavy atom. The lowest BCUT2D eigenvalue weighted by molar-refractivity contribution is 0.407. The van der Waals surface area contributed by atoms with E-state index in [1.807, 2.05) is 0 Å². The van der Waals surface area contributed by atoms with Crippen molar-refractivity contribution in [3.8, 4) is 17.2 Å². The Hall–Kier alpha value is -1.42. The van der Waals surface area contributed by atoms with E-state index in [4.69, 9.17) is 10.8 Å². The lowest BCUT2D eigenvalue weighted by Crippen LogP contribution is -2.12. The van der Waals surface area contributed by atoms with Crippen molar-refractivity contribution in [3.63, 3.8) is 0 Å². The molecule has 76 valence electrons. The summed E-state index contributed by atoms with van der Waals surface area (Å²) in [5.74, 6) is -0.0908. The van der Waals surface area contributed by atoms with Gasteiger partial charge in [0.2, 0.25) is 0 Å². The molecule has 1 saturated carbocycles. The second kappa shape index (κ2) is 3.06. The fourth-order valence-corrected chi connectivity index (χ4v) is 1.64. The Morgan fingerprint density at radius 1 is 1.14 bits per heavy atom. The van der Waals surface area contributed by atoms with Crippen LogP contribution in [0.1, 0.15) is 24.4 Å². The zero-order valence-corrected chi connectivity index (χ0v) is 7.64. The molecular formula is C10H13NO3. The minimum Gasteiger partial charge on any atom is -0.508 e. The Balaban J connectivity index is 2.40. The number of aromatic hydroxyl groups is 3. The molecule has 0 amide bonds. The first-order chi connectivity index (χ1) is 6.59. The van der Waals surface area contributed by atoms with Gasteiger partial charge in [0.25, 0.3) is 0 Å². The molecule has 0 heterocycles. The van der Waals surface area contributed by atoms with Gasteiger partial charge in [0.1, 0.15) is 17.2 Å². The fraction of sp³-hybridized carbons (Fsp3) is 0.400. The first-order valence-corrected chi connectivity index (χ1v) is 4.60. The second-order valence-corrected chi connectivity index (χ2v) is 3.76. The third-order valence-corrected chi connectivity index (χ3v) is 2.58. The van der Waals surface area contributed by atoms with E-state index in [0.29, 0.717) is 11.5 Å². The minimum absolute atomic E-state index is 0.137. The van der Waals surface area contributed by atoms with Gasteiger partial charge < -0.3 is 21.1 Å². The molecular weight excluding hydrogens is 182 g/mol. The fourth-order valence-electron chi connectivity index (χ4n) is 1.64. The molecule has 1 aliphatic rings. The summed E-state index contributed by atoms with van der Waals surface area (Å²) in [4.78, 5) is 0. The van der Waals surface area contributed by atoms with E-state index in [1.54, 1.807) is 0 Å². The van der Waals surface area contributed by atoms with Crippen molar-refractivity contribution in [1.82, 2.24) is 0 Å². The SMILES string of the molecule is N[C@@H](c1c(O)cc(O)cc1O)C1CC1. The highest BCUT2D eigenvalue weighted by Gasteiger charge is 2.32. The van der Waals surface area contributed by atoms with Gasteiger partial charge in [-0.15, -0.1) is 0 Å². The average Bonchev–Trinajstić information content (AvgIpc) is 2.83. The number of hydrogen-bond donors (Lipinski definition) is 4. The molecule has 1 aromatic rings. The van der Waals surface area contributed by atoms with Gasteiger partial charge in [0.05, 0.1) is 5.56 Å². The third-order valence-electron chi connectivity index (χ3n) is 2.58. The van der Waals surface area contributed by atoms with Gasteiger partial charge in [-0.1, -0.05) is 0 Å². The predicted octanol–water partition coefficient (Wildman–Crippen LogP) is 1.21. The molecule has 0 aromatic heterocycles. The Bertz CT molecular complexity index is 337. The van der Waals surface area contributed by atoms with Gasteiger partial charge in [0.15, 0.2) is 0 Å². The highest BCUT2D eigenvalue weighted by molar-refractivity contribution is 5.50. The van der Waals surface area contributed by atoms with Crippen molar-refractivity contribution in [2.45, 2.75) is 18.9 Å². The van der Waals surface area contributed by atoms with Crippen molar-refractivity contribution in [1.29, 1.82) is 0 Å². The lowest BCUT2D eigenvalue weighted by Gasteiger charge is -2.14. The highest BCUT2D eigenvalue weighted by Crippen LogP contribution is 2.45. The molecule has 0 unspecified atom stereocenters. The highest BCUT2D eigenvalue weighted by atomic mass is 16.3. The molecule has 1 aromatic carbocycles. The topological polar surface area (TPSA) is 86.7 Å². The quantitative estimate of drug-likeness (QED) is 0.571. The molecule has 1 fully saturated rings. The van der Waals surface area contributed by atoms with Crippen LogP contribution in [-0.2, 0) is 0 Å². The summed E-state index contributed by atoms with van der Waals surface area (Å²) in [5.41, 5.74) is 6.19. The molecule has 0 spiro atoms. The van der Waals surface area contributed by atoms with Gasteiger partial charge >= 0.3 is 0 Å². The summed E-state index contributed by atoms with van der Waals surface area (Å²) in [5, 5.41) is 28.1. The smallest absolute Gasteiger partial charge is 0.127 e. The molecule has 0 bridgehead atoms. The standard InChI is InChI=1S/C10H13NO3/c11-10(5-1-2-5)9-7(13)3-6(12)4-8(9)14/h3-5,10,12-14H,1-2,11H2/t10-/m1/s1. The number of benzene rings is 1. The average molecular weight is 195 g/mol. The molecule has 14 heavy (non-hydrogen) atoms. The number of hydrogen-bond acceptors (Lipinski definition) is 4. The van der Waals surface area contributed by atoms with E-state index in [1.165, 1.54) is 12.1 Å². The molecule has 2 rings (SSSR count). The predicted molar refractivity (Wildman–Crippen MR) is 51.1 cm³/mol. The first-order valence-electron chi connectivity index (χ1n) is 4.60. The number of nitrogens with two attached hydrogens (primary N) is 1.